The van der Waals surface area contributed by atoms with Crippen LogP contribution in [0.4, 0.5) is 5.69 Å². The van der Waals surface area contributed by atoms with Crippen LogP contribution in [0.2, 0.25) is 0 Å². The Morgan fingerprint density at radius 2 is 2.16 bits per heavy atom. The van der Waals surface area contributed by atoms with Gasteiger partial charge in [0.2, 0.25) is 10.0 Å². The van der Waals surface area contributed by atoms with E-state index in [4.69, 9.17) is 10.5 Å². The molecule has 1 aromatic rings. The van der Waals surface area contributed by atoms with Crippen molar-refractivity contribution in [2.45, 2.75) is 25.5 Å². The van der Waals surface area contributed by atoms with E-state index in [1.165, 1.54) is 4.31 Å². The van der Waals surface area contributed by atoms with Crippen molar-refractivity contribution >= 4 is 15.7 Å². The van der Waals surface area contributed by atoms with Crippen LogP contribution in [-0.4, -0.2) is 33.9 Å². The number of rotatable bonds is 5. The Kier molecular flexibility index (Phi) is 4.44. The van der Waals surface area contributed by atoms with E-state index in [1.807, 2.05) is 18.2 Å². The second-order valence-corrected chi connectivity index (χ2v) is 6.76. The van der Waals surface area contributed by atoms with Crippen LogP contribution in [0.5, 0.6) is 0 Å². The van der Waals surface area contributed by atoms with Crippen LogP contribution in [0.1, 0.15) is 18.4 Å². The van der Waals surface area contributed by atoms with E-state index in [9.17, 15) is 8.42 Å². The van der Waals surface area contributed by atoms with Gasteiger partial charge in [-0.3, -0.25) is 4.31 Å². The van der Waals surface area contributed by atoms with E-state index < -0.39 is 10.0 Å². The van der Waals surface area contributed by atoms with Crippen molar-refractivity contribution in [2.24, 2.45) is 5.73 Å². The van der Waals surface area contributed by atoms with Crippen molar-refractivity contribution in [3.05, 3.63) is 29.8 Å². The third-order valence-corrected chi connectivity index (χ3v) is 5.21. The topological polar surface area (TPSA) is 72.6 Å². The maximum Gasteiger partial charge on any atom is 0.237 e. The van der Waals surface area contributed by atoms with Crippen molar-refractivity contribution in [1.82, 2.24) is 0 Å². The zero-order valence-corrected chi connectivity index (χ0v) is 11.9. The number of ether oxygens (including phenoxy) is 1. The van der Waals surface area contributed by atoms with Gasteiger partial charge in [0.15, 0.2) is 0 Å². The van der Waals surface area contributed by atoms with Gasteiger partial charge in [0.25, 0.3) is 0 Å². The summed E-state index contributed by atoms with van der Waals surface area (Å²) in [4.78, 5) is 0. The van der Waals surface area contributed by atoms with Gasteiger partial charge < -0.3 is 10.5 Å². The van der Waals surface area contributed by atoms with E-state index in [1.54, 1.807) is 13.1 Å². The lowest BCUT2D eigenvalue weighted by molar-refractivity contribution is 0.127. The number of hydrogen-bond donors (Lipinski definition) is 1. The summed E-state index contributed by atoms with van der Waals surface area (Å²) >= 11 is 0. The number of anilines is 1. The van der Waals surface area contributed by atoms with Crippen molar-refractivity contribution in [2.75, 3.05) is 23.7 Å². The molecular weight excluding hydrogens is 264 g/mol. The summed E-state index contributed by atoms with van der Waals surface area (Å²) in [7, 11) is -1.81. The highest BCUT2D eigenvalue weighted by molar-refractivity contribution is 7.92. The second kappa shape index (κ2) is 5.90. The van der Waals surface area contributed by atoms with E-state index >= 15 is 0 Å². The highest BCUT2D eigenvalue weighted by atomic mass is 32.2. The van der Waals surface area contributed by atoms with Gasteiger partial charge in [-0.1, -0.05) is 18.2 Å². The molecule has 2 N–H and O–H groups in total. The SMILES string of the molecule is CN(c1ccccc1CN)S(=O)(=O)CC1CCCO1. The molecule has 1 aromatic carbocycles. The Morgan fingerprint density at radius 3 is 2.79 bits per heavy atom. The van der Waals surface area contributed by atoms with Crippen molar-refractivity contribution in [3.63, 3.8) is 0 Å². The standard InChI is InChI=1S/C13H20N2O3S/c1-15(13-7-3-2-5-11(13)9-14)19(16,17)10-12-6-4-8-18-12/h2-3,5,7,12H,4,6,8-10,14H2,1H3. The Bertz CT molecular complexity index is 524. The minimum Gasteiger partial charge on any atom is -0.377 e. The molecule has 0 radical (unpaired) electrons. The molecular formula is C13H20N2O3S. The summed E-state index contributed by atoms with van der Waals surface area (Å²) in [5.74, 6) is 0.0302. The van der Waals surface area contributed by atoms with Crippen LogP contribution < -0.4 is 10.0 Å². The third-order valence-electron chi connectivity index (χ3n) is 3.39. The molecule has 1 aliphatic rings. The fourth-order valence-electron chi connectivity index (χ4n) is 2.26. The average Bonchev–Trinajstić information content (AvgIpc) is 2.89. The summed E-state index contributed by atoms with van der Waals surface area (Å²) in [6.07, 6.45) is 1.56. The minimum atomic E-state index is -3.38. The molecule has 1 heterocycles. The predicted molar refractivity (Wildman–Crippen MR) is 75.5 cm³/mol. The lowest BCUT2D eigenvalue weighted by atomic mass is 10.2. The predicted octanol–water partition coefficient (Wildman–Crippen LogP) is 1.09. The molecule has 1 fully saturated rings. The summed E-state index contributed by atoms with van der Waals surface area (Å²) in [5, 5.41) is 0. The molecule has 1 unspecified atom stereocenters. The fourth-order valence-corrected chi connectivity index (χ4v) is 3.70. The first-order valence-electron chi connectivity index (χ1n) is 6.41. The second-order valence-electron chi connectivity index (χ2n) is 4.71. The molecule has 6 heteroatoms. The van der Waals surface area contributed by atoms with Gasteiger partial charge in [-0.15, -0.1) is 0 Å². The van der Waals surface area contributed by atoms with E-state index in [0.29, 0.717) is 18.8 Å². The first-order chi connectivity index (χ1) is 9.04. The molecule has 106 valence electrons. The Hall–Kier alpha value is -1.11. The molecule has 0 aromatic heterocycles. The van der Waals surface area contributed by atoms with Gasteiger partial charge in [0.05, 0.1) is 17.5 Å². The zero-order valence-electron chi connectivity index (χ0n) is 11.1. The summed E-state index contributed by atoms with van der Waals surface area (Å²) < 4.78 is 31.4. The van der Waals surface area contributed by atoms with E-state index in [2.05, 4.69) is 0 Å². The Balaban J connectivity index is 2.19. The largest absolute Gasteiger partial charge is 0.377 e. The zero-order chi connectivity index (χ0) is 13.9. The summed E-state index contributed by atoms with van der Waals surface area (Å²) in [6, 6.07) is 7.28. The van der Waals surface area contributed by atoms with Gasteiger partial charge in [0, 0.05) is 20.2 Å². The van der Waals surface area contributed by atoms with Crippen LogP contribution >= 0.6 is 0 Å². The average molecular weight is 284 g/mol. The Morgan fingerprint density at radius 1 is 1.42 bits per heavy atom. The summed E-state index contributed by atoms with van der Waals surface area (Å²) in [6.45, 7) is 0.971. The van der Waals surface area contributed by atoms with Crippen LogP contribution in [0.25, 0.3) is 0 Å². The highest BCUT2D eigenvalue weighted by Gasteiger charge is 2.27. The van der Waals surface area contributed by atoms with Crippen LogP contribution in [0, 0.1) is 0 Å². The fraction of sp³-hybridized carbons (Fsp3) is 0.538. The molecule has 0 bridgehead atoms. The van der Waals surface area contributed by atoms with Crippen LogP contribution in [0.3, 0.4) is 0 Å². The number of para-hydroxylation sites is 1. The molecule has 0 amide bonds. The first kappa shape index (κ1) is 14.3. The molecule has 1 aliphatic heterocycles. The highest BCUT2D eigenvalue weighted by Crippen LogP contribution is 2.23. The molecule has 5 nitrogen and oxygen atoms in total. The van der Waals surface area contributed by atoms with E-state index in [0.717, 1.165) is 18.4 Å². The number of sulfonamides is 1. The molecule has 1 saturated heterocycles. The van der Waals surface area contributed by atoms with Gasteiger partial charge in [-0.2, -0.15) is 0 Å². The minimum absolute atomic E-state index is 0.0302. The van der Waals surface area contributed by atoms with Crippen molar-refractivity contribution < 1.29 is 13.2 Å². The number of nitrogens with zero attached hydrogens (tertiary/aromatic N) is 1. The lowest BCUT2D eigenvalue weighted by Gasteiger charge is -2.23. The number of nitrogens with two attached hydrogens (primary N) is 1. The Labute approximate surface area is 114 Å². The molecule has 19 heavy (non-hydrogen) atoms. The molecule has 0 aliphatic carbocycles. The van der Waals surface area contributed by atoms with E-state index in [-0.39, 0.29) is 11.9 Å². The molecule has 2 rings (SSSR count). The van der Waals surface area contributed by atoms with Crippen molar-refractivity contribution in [1.29, 1.82) is 0 Å². The smallest absolute Gasteiger partial charge is 0.237 e. The third kappa shape index (κ3) is 3.26. The first-order valence-corrected chi connectivity index (χ1v) is 8.01. The summed E-state index contributed by atoms with van der Waals surface area (Å²) in [5.41, 5.74) is 7.11. The quantitative estimate of drug-likeness (QED) is 0.878. The molecule has 0 spiro atoms. The normalized spacial score (nSPS) is 19.6. The number of hydrogen-bond acceptors (Lipinski definition) is 4. The van der Waals surface area contributed by atoms with Crippen molar-refractivity contribution in [3.8, 4) is 0 Å². The van der Waals surface area contributed by atoms with Gasteiger partial charge in [-0.25, -0.2) is 8.42 Å². The lowest BCUT2D eigenvalue weighted by Crippen LogP contribution is -2.34. The maximum atomic E-state index is 12.4. The number of benzene rings is 1. The monoisotopic (exact) mass is 284 g/mol. The molecule has 1 atom stereocenters. The van der Waals surface area contributed by atoms with Gasteiger partial charge in [-0.05, 0) is 24.5 Å². The van der Waals surface area contributed by atoms with Crippen LogP contribution in [0.15, 0.2) is 24.3 Å². The van der Waals surface area contributed by atoms with Gasteiger partial charge in [0.1, 0.15) is 0 Å². The molecule has 0 saturated carbocycles. The van der Waals surface area contributed by atoms with Crippen LogP contribution in [-0.2, 0) is 21.3 Å². The van der Waals surface area contributed by atoms with Gasteiger partial charge >= 0.3 is 0 Å². The maximum absolute atomic E-state index is 12.4.